The van der Waals surface area contributed by atoms with Crippen molar-refractivity contribution in [2.45, 2.75) is 38.8 Å². The van der Waals surface area contributed by atoms with Crippen LogP contribution >= 0.6 is 11.6 Å². The van der Waals surface area contributed by atoms with E-state index in [1.807, 2.05) is 55.5 Å². The first-order valence-electron chi connectivity index (χ1n) is 7.35. The van der Waals surface area contributed by atoms with Gasteiger partial charge in [-0.3, -0.25) is 0 Å². The summed E-state index contributed by atoms with van der Waals surface area (Å²) in [6, 6.07) is 16.2. The van der Waals surface area contributed by atoms with E-state index in [1.165, 1.54) is 0 Å². The zero-order valence-electron chi connectivity index (χ0n) is 12.6. The monoisotopic (exact) mass is 303 g/mol. The molecule has 2 rings (SSSR count). The molecule has 0 fully saturated rings. The van der Waals surface area contributed by atoms with Crippen LogP contribution in [0.25, 0.3) is 0 Å². The lowest BCUT2D eigenvalue weighted by atomic mass is 10.0. The van der Waals surface area contributed by atoms with Crippen molar-refractivity contribution in [2.24, 2.45) is 5.73 Å². The van der Waals surface area contributed by atoms with Crippen molar-refractivity contribution >= 4 is 11.6 Å². The van der Waals surface area contributed by atoms with Crippen molar-refractivity contribution in [2.75, 3.05) is 0 Å². The summed E-state index contributed by atoms with van der Waals surface area (Å²) in [5.41, 5.74) is 8.25. The number of hydrogen-bond donors (Lipinski definition) is 1. The van der Waals surface area contributed by atoms with Gasteiger partial charge in [0.1, 0.15) is 11.9 Å². The molecular weight excluding hydrogens is 282 g/mol. The highest BCUT2D eigenvalue weighted by molar-refractivity contribution is 6.32. The van der Waals surface area contributed by atoms with Crippen LogP contribution in [0.1, 0.15) is 37.5 Å². The Morgan fingerprint density at radius 3 is 2.48 bits per heavy atom. The molecule has 112 valence electrons. The minimum atomic E-state index is -0.0348. The average molecular weight is 304 g/mol. The van der Waals surface area contributed by atoms with Gasteiger partial charge in [-0.25, -0.2) is 0 Å². The topological polar surface area (TPSA) is 35.2 Å². The van der Waals surface area contributed by atoms with Crippen molar-refractivity contribution in [1.82, 2.24) is 0 Å². The van der Waals surface area contributed by atoms with Gasteiger partial charge in [0.25, 0.3) is 0 Å². The largest absolute Gasteiger partial charge is 0.484 e. The number of benzene rings is 2. The maximum atomic E-state index is 6.32. The first-order valence-corrected chi connectivity index (χ1v) is 7.73. The second-order valence-corrected chi connectivity index (χ2v) is 5.72. The zero-order chi connectivity index (χ0) is 15.2. The van der Waals surface area contributed by atoms with Crippen molar-refractivity contribution in [1.29, 1.82) is 0 Å². The second kappa shape index (κ2) is 7.48. The minimum Gasteiger partial charge on any atom is -0.484 e. The summed E-state index contributed by atoms with van der Waals surface area (Å²) < 4.78 is 5.95. The van der Waals surface area contributed by atoms with Crippen molar-refractivity contribution in [3.63, 3.8) is 0 Å². The van der Waals surface area contributed by atoms with E-state index < -0.39 is 0 Å². The highest BCUT2D eigenvalue weighted by Gasteiger charge is 2.11. The molecule has 21 heavy (non-hydrogen) atoms. The summed E-state index contributed by atoms with van der Waals surface area (Å²) in [4.78, 5) is 0. The maximum absolute atomic E-state index is 6.32. The second-order valence-electron chi connectivity index (χ2n) is 5.31. The molecule has 0 radical (unpaired) electrons. The molecule has 0 aromatic heterocycles. The maximum Gasteiger partial charge on any atom is 0.138 e. The van der Waals surface area contributed by atoms with Crippen LogP contribution in [0.5, 0.6) is 5.75 Å². The van der Waals surface area contributed by atoms with E-state index in [0.717, 1.165) is 24.0 Å². The summed E-state index contributed by atoms with van der Waals surface area (Å²) in [7, 11) is 0. The molecule has 0 bridgehead atoms. The molecule has 0 saturated carbocycles. The van der Waals surface area contributed by atoms with Gasteiger partial charge < -0.3 is 10.5 Å². The number of hydrogen-bond acceptors (Lipinski definition) is 2. The summed E-state index contributed by atoms with van der Waals surface area (Å²) >= 11 is 6.32. The predicted octanol–water partition coefficient (Wildman–Crippen LogP) is 4.76. The fourth-order valence-corrected chi connectivity index (χ4v) is 2.44. The number of halogens is 1. The van der Waals surface area contributed by atoms with Crippen LogP contribution in [-0.4, -0.2) is 6.04 Å². The van der Waals surface area contributed by atoms with Crippen LogP contribution < -0.4 is 10.5 Å². The zero-order valence-corrected chi connectivity index (χ0v) is 13.3. The van der Waals surface area contributed by atoms with Crippen LogP contribution in [0.15, 0.2) is 48.5 Å². The first-order chi connectivity index (χ1) is 10.1. The van der Waals surface area contributed by atoms with Gasteiger partial charge in [0.2, 0.25) is 0 Å². The van der Waals surface area contributed by atoms with Crippen LogP contribution in [0.4, 0.5) is 0 Å². The predicted molar refractivity (Wildman–Crippen MR) is 88.9 cm³/mol. The minimum absolute atomic E-state index is 0.0348. The molecule has 0 spiro atoms. The molecule has 2 aromatic rings. The lowest BCUT2D eigenvalue weighted by Gasteiger charge is -2.17. The number of rotatable bonds is 6. The molecule has 0 aliphatic carbocycles. The van der Waals surface area contributed by atoms with E-state index in [9.17, 15) is 0 Å². The average Bonchev–Trinajstić information content (AvgIpc) is 2.50. The highest BCUT2D eigenvalue weighted by atomic mass is 35.5. The summed E-state index contributed by atoms with van der Waals surface area (Å²) in [6.45, 7) is 4.11. The number of ether oxygens (including phenoxy) is 1. The van der Waals surface area contributed by atoms with Crippen LogP contribution in [0.3, 0.4) is 0 Å². The lowest BCUT2D eigenvalue weighted by molar-refractivity contribution is 0.227. The van der Waals surface area contributed by atoms with Crippen molar-refractivity contribution in [3.05, 3.63) is 64.7 Å². The van der Waals surface area contributed by atoms with Gasteiger partial charge in [-0.05, 0) is 43.0 Å². The smallest absolute Gasteiger partial charge is 0.138 e. The van der Waals surface area contributed by atoms with E-state index in [4.69, 9.17) is 22.1 Å². The lowest BCUT2D eigenvalue weighted by Crippen LogP contribution is -2.21. The van der Waals surface area contributed by atoms with Gasteiger partial charge >= 0.3 is 0 Å². The molecule has 2 N–H and O–H groups in total. The van der Waals surface area contributed by atoms with E-state index >= 15 is 0 Å². The Morgan fingerprint density at radius 2 is 1.86 bits per heavy atom. The Bertz CT molecular complexity index is 571. The Labute approximate surface area is 131 Å². The van der Waals surface area contributed by atoms with Gasteiger partial charge in [0.05, 0.1) is 5.02 Å². The third kappa shape index (κ3) is 4.48. The quantitative estimate of drug-likeness (QED) is 0.835. The Morgan fingerprint density at radius 1 is 1.14 bits per heavy atom. The van der Waals surface area contributed by atoms with Gasteiger partial charge in [0.15, 0.2) is 0 Å². The fourth-order valence-electron chi connectivity index (χ4n) is 2.20. The van der Waals surface area contributed by atoms with Crippen molar-refractivity contribution in [3.8, 4) is 5.75 Å². The molecule has 0 aliphatic heterocycles. The van der Waals surface area contributed by atoms with Gasteiger partial charge in [-0.15, -0.1) is 0 Å². The van der Waals surface area contributed by atoms with Gasteiger partial charge in [-0.2, -0.15) is 0 Å². The summed E-state index contributed by atoms with van der Waals surface area (Å²) in [5.74, 6) is 0.710. The molecular formula is C18H22ClNO. The molecule has 2 aromatic carbocycles. The third-order valence-electron chi connectivity index (χ3n) is 3.59. The van der Waals surface area contributed by atoms with Crippen LogP contribution in [0, 0.1) is 0 Å². The molecule has 3 heteroatoms. The van der Waals surface area contributed by atoms with Gasteiger partial charge in [0, 0.05) is 6.04 Å². The Balaban J connectivity index is 2.07. The summed E-state index contributed by atoms with van der Waals surface area (Å²) in [5, 5.41) is 0.638. The third-order valence-corrected chi connectivity index (χ3v) is 3.89. The molecule has 0 amide bonds. The molecule has 2 atom stereocenters. The summed E-state index contributed by atoms with van der Waals surface area (Å²) in [6.07, 6.45) is 1.76. The van der Waals surface area contributed by atoms with Crippen LogP contribution in [0.2, 0.25) is 5.02 Å². The standard InChI is InChI=1S/C18H22ClNO/c1-3-16(20)11-14-9-10-18(17(19)12-14)21-13(2)15-7-5-4-6-8-15/h4-10,12-13,16H,3,11,20H2,1-2H3. The Kier molecular flexibility index (Phi) is 5.66. The number of nitrogens with two attached hydrogens (primary N) is 1. The normalized spacial score (nSPS) is 13.7. The van der Waals surface area contributed by atoms with Crippen molar-refractivity contribution < 1.29 is 4.74 Å². The SMILES string of the molecule is CCC(N)Cc1ccc(OC(C)c2ccccc2)c(Cl)c1. The van der Waals surface area contributed by atoms with E-state index in [-0.39, 0.29) is 12.1 Å². The molecule has 2 unspecified atom stereocenters. The molecule has 0 saturated heterocycles. The molecule has 0 heterocycles. The van der Waals surface area contributed by atoms with Gasteiger partial charge in [-0.1, -0.05) is 54.9 Å². The first kappa shape index (κ1) is 15.9. The molecule has 0 aliphatic rings. The van der Waals surface area contributed by atoms with E-state index in [2.05, 4.69) is 6.92 Å². The van der Waals surface area contributed by atoms with Crippen LogP contribution in [-0.2, 0) is 6.42 Å². The van der Waals surface area contributed by atoms with E-state index in [1.54, 1.807) is 0 Å². The fraction of sp³-hybridized carbons (Fsp3) is 0.333. The highest BCUT2D eigenvalue weighted by Crippen LogP contribution is 2.30. The molecule has 2 nitrogen and oxygen atoms in total. The Hall–Kier alpha value is -1.51. The van der Waals surface area contributed by atoms with E-state index in [0.29, 0.717) is 10.8 Å².